The Bertz CT molecular complexity index is 1120. The first-order valence-corrected chi connectivity index (χ1v) is 14.1. The minimum atomic E-state index is -3.79. The van der Waals surface area contributed by atoms with Crippen molar-refractivity contribution in [3.8, 4) is 0 Å². The summed E-state index contributed by atoms with van der Waals surface area (Å²) in [7, 11) is -3.79. The van der Waals surface area contributed by atoms with Gasteiger partial charge in [0.25, 0.3) is 0 Å². The number of nitrogens with one attached hydrogen (secondary N) is 1. The smallest absolute Gasteiger partial charge is 0.244 e. The Labute approximate surface area is 218 Å². The van der Waals surface area contributed by atoms with Gasteiger partial charge in [0.1, 0.15) is 12.6 Å². The second kappa shape index (κ2) is 12.6. The van der Waals surface area contributed by atoms with Gasteiger partial charge in [0.15, 0.2) is 0 Å². The number of aryl methyl sites for hydroxylation is 1. The van der Waals surface area contributed by atoms with E-state index in [1.807, 2.05) is 32.9 Å². The lowest BCUT2D eigenvalue weighted by Gasteiger charge is -2.33. The zero-order chi connectivity index (χ0) is 26.3. The standard InChI is InChI=1S/C25H33Cl2N3O4S/c1-6-18-11-13-19(14-12-18)30(35(5,33)34)16-24(31)29(23(7-2)25(32)28-17(3)4)15-20-21(26)9-8-10-22(20)27/h8-14,17,23H,6-7,15-16H2,1-5H3,(H,28,32). The van der Waals surface area contributed by atoms with Crippen molar-refractivity contribution in [2.24, 2.45) is 0 Å². The second-order valence-corrected chi connectivity index (χ2v) is 11.3. The van der Waals surface area contributed by atoms with Crippen LogP contribution in [0, 0.1) is 0 Å². The maximum atomic E-state index is 13.7. The Kier molecular flexibility index (Phi) is 10.4. The highest BCUT2D eigenvalue weighted by Gasteiger charge is 2.32. The molecule has 0 radical (unpaired) electrons. The van der Waals surface area contributed by atoms with E-state index in [2.05, 4.69) is 5.32 Å². The van der Waals surface area contributed by atoms with E-state index in [1.54, 1.807) is 37.3 Å². The average molecular weight is 543 g/mol. The molecule has 2 rings (SSSR count). The van der Waals surface area contributed by atoms with Gasteiger partial charge in [0, 0.05) is 28.2 Å². The number of hydrogen-bond acceptors (Lipinski definition) is 4. The quantitative estimate of drug-likeness (QED) is 0.448. The first-order valence-electron chi connectivity index (χ1n) is 11.5. The Balaban J connectivity index is 2.49. The van der Waals surface area contributed by atoms with Crippen molar-refractivity contribution in [1.29, 1.82) is 0 Å². The number of nitrogens with zero attached hydrogens (tertiary/aromatic N) is 2. The lowest BCUT2D eigenvalue weighted by molar-refractivity contribution is -0.140. The van der Waals surface area contributed by atoms with Crippen LogP contribution in [0.2, 0.25) is 10.0 Å². The van der Waals surface area contributed by atoms with Crippen LogP contribution in [0.25, 0.3) is 0 Å². The van der Waals surface area contributed by atoms with Gasteiger partial charge in [-0.05, 0) is 56.5 Å². The maximum absolute atomic E-state index is 13.7. The Morgan fingerprint density at radius 1 is 1.00 bits per heavy atom. The fourth-order valence-electron chi connectivity index (χ4n) is 3.67. The molecule has 0 aromatic heterocycles. The first kappa shape index (κ1) is 28.9. The van der Waals surface area contributed by atoms with Crippen LogP contribution in [0.4, 0.5) is 5.69 Å². The summed E-state index contributed by atoms with van der Waals surface area (Å²) in [4.78, 5) is 28.0. The predicted octanol–water partition coefficient (Wildman–Crippen LogP) is 4.65. The average Bonchev–Trinajstić information content (AvgIpc) is 2.78. The van der Waals surface area contributed by atoms with E-state index in [4.69, 9.17) is 23.2 Å². The van der Waals surface area contributed by atoms with E-state index in [9.17, 15) is 18.0 Å². The number of carbonyl (C=O) groups excluding carboxylic acids is 2. The fourth-order valence-corrected chi connectivity index (χ4v) is 5.03. The molecule has 10 heteroatoms. The molecule has 0 bridgehead atoms. The summed E-state index contributed by atoms with van der Waals surface area (Å²) in [6.45, 7) is 6.92. The SMILES string of the molecule is CCc1ccc(N(CC(=O)N(Cc2c(Cl)cccc2Cl)C(CC)C(=O)NC(C)C)S(C)(=O)=O)cc1. The zero-order valence-electron chi connectivity index (χ0n) is 20.7. The van der Waals surface area contributed by atoms with Gasteiger partial charge in [0.05, 0.1) is 11.9 Å². The molecule has 0 saturated carbocycles. The van der Waals surface area contributed by atoms with Gasteiger partial charge >= 0.3 is 0 Å². The molecular weight excluding hydrogens is 509 g/mol. The van der Waals surface area contributed by atoms with E-state index >= 15 is 0 Å². The molecule has 192 valence electrons. The molecule has 0 fully saturated rings. The molecule has 0 saturated heterocycles. The highest BCUT2D eigenvalue weighted by atomic mass is 35.5. The molecular formula is C25H33Cl2N3O4S. The van der Waals surface area contributed by atoms with Gasteiger partial charge < -0.3 is 10.2 Å². The van der Waals surface area contributed by atoms with Crippen molar-refractivity contribution in [3.05, 3.63) is 63.6 Å². The minimum Gasteiger partial charge on any atom is -0.352 e. The van der Waals surface area contributed by atoms with E-state index in [-0.39, 0.29) is 18.5 Å². The van der Waals surface area contributed by atoms with Crippen LogP contribution in [0.15, 0.2) is 42.5 Å². The number of halogens is 2. The molecule has 1 atom stereocenters. The molecule has 1 N–H and O–H groups in total. The molecule has 0 spiro atoms. The van der Waals surface area contributed by atoms with Gasteiger partial charge in [-0.25, -0.2) is 8.42 Å². The van der Waals surface area contributed by atoms with Crippen LogP contribution in [0.1, 0.15) is 45.2 Å². The number of rotatable bonds is 11. The largest absolute Gasteiger partial charge is 0.352 e. The topological polar surface area (TPSA) is 86.8 Å². The molecule has 0 aliphatic heterocycles. The lowest BCUT2D eigenvalue weighted by atomic mass is 10.1. The van der Waals surface area contributed by atoms with Crippen molar-refractivity contribution in [3.63, 3.8) is 0 Å². The van der Waals surface area contributed by atoms with Crippen molar-refractivity contribution in [2.75, 3.05) is 17.1 Å². The third-order valence-corrected chi connectivity index (χ3v) is 7.37. The fraction of sp³-hybridized carbons (Fsp3) is 0.440. The molecule has 0 heterocycles. The first-order chi connectivity index (χ1) is 16.4. The maximum Gasteiger partial charge on any atom is 0.244 e. The van der Waals surface area contributed by atoms with Crippen LogP contribution in [0.3, 0.4) is 0 Å². The number of carbonyl (C=O) groups is 2. The molecule has 1 unspecified atom stereocenters. The van der Waals surface area contributed by atoms with Crippen molar-refractivity contribution in [2.45, 2.75) is 59.2 Å². The molecule has 2 aromatic rings. The third-order valence-electron chi connectivity index (χ3n) is 5.52. The minimum absolute atomic E-state index is 0.0479. The molecule has 0 aliphatic carbocycles. The Morgan fingerprint density at radius 3 is 2.03 bits per heavy atom. The van der Waals surface area contributed by atoms with Crippen LogP contribution < -0.4 is 9.62 Å². The van der Waals surface area contributed by atoms with Crippen LogP contribution in [-0.4, -0.2) is 50.0 Å². The number of anilines is 1. The summed E-state index contributed by atoms with van der Waals surface area (Å²) in [5, 5.41) is 3.54. The summed E-state index contributed by atoms with van der Waals surface area (Å²) in [6.07, 6.45) is 2.16. The zero-order valence-corrected chi connectivity index (χ0v) is 23.0. The Hall–Kier alpha value is -2.29. The molecule has 2 aromatic carbocycles. The van der Waals surface area contributed by atoms with Crippen LogP contribution in [0.5, 0.6) is 0 Å². The van der Waals surface area contributed by atoms with Gasteiger partial charge in [-0.15, -0.1) is 0 Å². The van der Waals surface area contributed by atoms with Gasteiger partial charge in [0.2, 0.25) is 21.8 Å². The van der Waals surface area contributed by atoms with Crippen molar-refractivity contribution >= 4 is 50.7 Å². The number of benzene rings is 2. The third kappa shape index (κ3) is 7.85. The van der Waals surface area contributed by atoms with Crippen LogP contribution in [-0.2, 0) is 32.6 Å². The summed E-state index contributed by atoms with van der Waals surface area (Å²) < 4.78 is 26.4. The molecule has 0 aliphatic rings. The summed E-state index contributed by atoms with van der Waals surface area (Å²) in [6, 6.07) is 11.0. The summed E-state index contributed by atoms with van der Waals surface area (Å²) in [5.74, 6) is -0.881. The highest BCUT2D eigenvalue weighted by Crippen LogP contribution is 2.27. The van der Waals surface area contributed by atoms with Crippen LogP contribution >= 0.6 is 23.2 Å². The van der Waals surface area contributed by atoms with Gasteiger partial charge in [-0.3, -0.25) is 13.9 Å². The lowest BCUT2D eigenvalue weighted by Crippen LogP contribution is -2.53. The predicted molar refractivity (Wildman–Crippen MR) is 142 cm³/mol. The molecule has 2 amide bonds. The summed E-state index contributed by atoms with van der Waals surface area (Å²) >= 11 is 12.7. The van der Waals surface area contributed by atoms with E-state index in [0.29, 0.717) is 27.7 Å². The van der Waals surface area contributed by atoms with E-state index in [1.165, 1.54) is 4.90 Å². The monoisotopic (exact) mass is 541 g/mol. The Morgan fingerprint density at radius 2 is 1.57 bits per heavy atom. The summed E-state index contributed by atoms with van der Waals surface area (Å²) in [5.41, 5.74) is 1.89. The molecule has 35 heavy (non-hydrogen) atoms. The molecule has 7 nitrogen and oxygen atoms in total. The highest BCUT2D eigenvalue weighted by molar-refractivity contribution is 7.92. The van der Waals surface area contributed by atoms with Gasteiger partial charge in [-0.1, -0.05) is 55.2 Å². The normalized spacial score (nSPS) is 12.3. The van der Waals surface area contributed by atoms with Crippen molar-refractivity contribution < 1.29 is 18.0 Å². The van der Waals surface area contributed by atoms with Gasteiger partial charge in [-0.2, -0.15) is 0 Å². The number of sulfonamides is 1. The van der Waals surface area contributed by atoms with E-state index in [0.717, 1.165) is 22.5 Å². The van der Waals surface area contributed by atoms with Crippen molar-refractivity contribution in [1.82, 2.24) is 10.2 Å². The van der Waals surface area contributed by atoms with E-state index < -0.39 is 28.5 Å². The number of hydrogen-bond donors (Lipinski definition) is 1. The second-order valence-electron chi connectivity index (χ2n) is 8.60. The number of amides is 2.